The van der Waals surface area contributed by atoms with Gasteiger partial charge in [-0.2, -0.15) is 4.98 Å². The predicted octanol–water partition coefficient (Wildman–Crippen LogP) is 2.18. The maximum Gasteiger partial charge on any atom is 0.341 e. The molecule has 0 amide bonds. The van der Waals surface area contributed by atoms with Gasteiger partial charge in [-0.1, -0.05) is 12.8 Å². The minimum absolute atomic E-state index is 0.0606. The van der Waals surface area contributed by atoms with Crippen molar-refractivity contribution in [2.75, 3.05) is 5.32 Å². The third-order valence-electron chi connectivity index (χ3n) is 2.69. The Hall–Kier alpha value is -1.36. The van der Waals surface area contributed by atoms with Crippen LogP contribution in [-0.2, 0) is 0 Å². The molecule has 0 aromatic carbocycles. The molecule has 6 heteroatoms. The van der Waals surface area contributed by atoms with Gasteiger partial charge in [0.2, 0.25) is 5.28 Å². The molecule has 1 aliphatic rings. The zero-order valence-corrected chi connectivity index (χ0v) is 9.37. The first-order valence-corrected chi connectivity index (χ1v) is 5.57. The quantitative estimate of drug-likeness (QED) is 0.794. The van der Waals surface area contributed by atoms with Crippen LogP contribution in [0.1, 0.15) is 36.0 Å². The number of nitrogens with zero attached hydrogens (tertiary/aromatic N) is 2. The number of hydrogen-bond donors (Lipinski definition) is 2. The lowest BCUT2D eigenvalue weighted by molar-refractivity contribution is 0.0697. The van der Waals surface area contributed by atoms with Gasteiger partial charge in [-0.25, -0.2) is 9.78 Å². The van der Waals surface area contributed by atoms with Gasteiger partial charge >= 0.3 is 5.97 Å². The summed E-state index contributed by atoms with van der Waals surface area (Å²) in [6, 6.07) is 0.295. The molecule has 1 heterocycles. The number of carbonyl (C=O) groups is 1. The molecule has 2 N–H and O–H groups in total. The summed E-state index contributed by atoms with van der Waals surface area (Å²) in [5.74, 6) is -0.725. The molecule has 2 rings (SSSR count). The van der Waals surface area contributed by atoms with E-state index in [1.807, 2.05) is 0 Å². The highest BCUT2D eigenvalue weighted by atomic mass is 35.5. The van der Waals surface area contributed by atoms with Crippen LogP contribution in [0.15, 0.2) is 6.20 Å². The Kier molecular flexibility index (Phi) is 3.24. The zero-order chi connectivity index (χ0) is 11.5. The molecule has 0 radical (unpaired) electrons. The maximum absolute atomic E-state index is 10.9. The van der Waals surface area contributed by atoms with Crippen LogP contribution in [-0.4, -0.2) is 27.1 Å². The van der Waals surface area contributed by atoms with Crippen molar-refractivity contribution >= 4 is 23.4 Å². The summed E-state index contributed by atoms with van der Waals surface area (Å²) in [5, 5.41) is 12.1. The molecule has 16 heavy (non-hydrogen) atoms. The van der Waals surface area contributed by atoms with Crippen LogP contribution < -0.4 is 5.32 Å². The van der Waals surface area contributed by atoms with Gasteiger partial charge in [-0.15, -0.1) is 0 Å². The molecule has 1 saturated carbocycles. The summed E-state index contributed by atoms with van der Waals surface area (Å²) in [7, 11) is 0. The number of rotatable bonds is 3. The van der Waals surface area contributed by atoms with Crippen LogP contribution in [0, 0.1) is 0 Å². The number of anilines is 1. The smallest absolute Gasteiger partial charge is 0.341 e. The number of halogens is 1. The molecular weight excluding hydrogens is 230 g/mol. The zero-order valence-electron chi connectivity index (χ0n) is 8.61. The van der Waals surface area contributed by atoms with Crippen molar-refractivity contribution in [2.45, 2.75) is 31.7 Å². The van der Waals surface area contributed by atoms with Crippen molar-refractivity contribution in [1.29, 1.82) is 0 Å². The van der Waals surface area contributed by atoms with Crippen molar-refractivity contribution in [2.24, 2.45) is 0 Å². The van der Waals surface area contributed by atoms with E-state index in [2.05, 4.69) is 15.3 Å². The van der Waals surface area contributed by atoms with Crippen LogP contribution in [0.2, 0.25) is 5.28 Å². The van der Waals surface area contributed by atoms with E-state index < -0.39 is 5.97 Å². The molecule has 1 aliphatic carbocycles. The molecule has 1 fully saturated rings. The lowest BCUT2D eigenvalue weighted by Crippen LogP contribution is -2.18. The molecule has 0 aliphatic heterocycles. The van der Waals surface area contributed by atoms with E-state index in [0.29, 0.717) is 11.9 Å². The fraction of sp³-hybridized carbons (Fsp3) is 0.500. The number of nitrogens with one attached hydrogen (secondary N) is 1. The summed E-state index contributed by atoms with van der Waals surface area (Å²) >= 11 is 5.65. The minimum atomic E-state index is -1.04. The monoisotopic (exact) mass is 241 g/mol. The highest BCUT2D eigenvalue weighted by Crippen LogP contribution is 2.23. The van der Waals surface area contributed by atoms with Crippen molar-refractivity contribution in [1.82, 2.24) is 9.97 Å². The van der Waals surface area contributed by atoms with Gasteiger partial charge in [0.1, 0.15) is 11.4 Å². The summed E-state index contributed by atoms with van der Waals surface area (Å²) in [6.07, 6.45) is 5.65. The van der Waals surface area contributed by atoms with E-state index >= 15 is 0 Å². The maximum atomic E-state index is 10.9. The largest absolute Gasteiger partial charge is 0.477 e. The Morgan fingerprint density at radius 1 is 1.50 bits per heavy atom. The summed E-state index contributed by atoms with van der Waals surface area (Å²) in [4.78, 5) is 18.5. The molecule has 86 valence electrons. The average molecular weight is 242 g/mol. The number of aromatic carboxylic acids is 1. The van der Waals surface area contributed by atoms with Gasteiger partial charge in [0, 0.05) is 12.2 Å². The Balaban J connectivity index is 2.22. The second-order valence-electron chi connectivity index (χ2n) is 3.83. The van der Waals surface area contributed by atoms with E-state index in [-0.39, 0.29) is 10.8 Å². The van der Waals surface area contributed by atoms with E-state index in [9.17, 15) is 4.79 Å². The van der Waals surface area contributed by atoms with Gasteiger partial charge in [0.05, 0.1) is 0 Å². The third-order valence-corrected chi connectivity index (χ3v) is 2.87. The van der Waals surface area contributed by atoms with E-state index in [0.717, 1.165) is 12.8 Å². The van der Waals surface area contributed by atoms with E-state index in [1.54, 1.807) is 0 Å². The molecule has 1 aromatic rings. The van der Waals surface area contributed by atoms with Gasteiger partial charge < -0.3 is 10.4 Å². The van der Waals surface area contributed by atoms with Gasteiger partial charge in [0.25, 0.3) is 0 Å². The molecule has 1 aromatic heterocycles. The Morgan fingerprint density at radius 3 is 2.81 bits per heavy atom. The second-order valence-corrected chi connectivity index (χ2v) is 4.17. The van der Waals surface area contributed by atoms with Crippen LogP contribution in [0.5, 0.6) is 0 Å². The standard InChI is InChI=1S/C10H12ClN3O2/c11-10-12-5-7(9(15)16)8(14-10)13-6-3-1-2-4-6/h5-6H,1-4H2,(H,15,16)(H,12,13,14). The summed E-state index contributed by atoms with van der Waals surface area (Å²) in [6.45, 7) is 0. The summed E-state index contributed by atoms with van der Waals surface area (Å²) in [5.41, 5.74) is 0.0660. The number of hydrogen-bond acceptors (Lipinski definition) is 4. The molecule has 0 atom stereocenters. The lowest BCUT2D eigenvalue weighted by Gasteiger charge is -2.14. The predicted molar refractivity (Wildman–Crippen MR) is 59.9 cm³/mol. The minimum Gasteiger partial charge on any atom is -0.477 e. The number of aromatic nitrogens is 2. The molecule has 0 saturated heterocycles. The Labute approximate surface area is 97.9 Å². The van der Waals surface area contributed by atoms with Crippen LogP contribution in [0.25, 0.3) is 0 Å². The summed E-state index contributed by atoms with van der Waals surface area (Å²) < 4.78 is 0. The Bertz CT molecular complexity index is 405. The van der Waals surface area contributed by atoms with E-state index in [1.165, 1.54) is 19.0 Å². The highest BCUT2D eigenvalue weighted by molar-refractivity contribution is 6.28. The molecular formula is C10H12ClN3O2. The van der Waals surface area contributed by atoms with Crippen molar-refractivity contribution in [3.05, 3.63) is 17.0 Å². The first-order chi connectivity index (χ1) is 7.66. The van der Waals surface area contributed by atoms with Crippen LogP contribution in [0.4, 0.5) is 5.82 Å². The first kappa shape index (κ1) is 11.1. The fourth-order valence-corrected chi connectivity index (χ4v) is 2.02. The van der Waals surface area contributed by atoms with Crippen molar-refractivity contribution in [3.8, 4) is 0 Å². The molecule has 0 unspecified atom stereocenters. The highest BCUT2D eigenvalue weighted by Gasteiger charge is 2.19. The topological polar surface area (TPSA) is 75.1 Å². The molecule has 0 spiro atoms. The van der Waals surface area contributed by atoms with Crippen molar-refractivity contribution in [3.63, 3.8) is 0 Å². The number of carboxylic acids is 1. The van der Waals surface area contributed by atoms with Gasteiger partial charge in [0.15, 0.2) is 0 Å². The van der Waals surface area contributed by atoms with Crippen LogP contribution in [0.3, 0.4) is 0 Å². The second kappa shape index (κ2) is 4.65. The SMILES string of the molecule is O=C(O)c1cnc(Cl)nc1NC1CCCC1. The fourth-order valence-electron chi connectivity index (χ4n) is 1.89. The van der Waals surface area contributed by atoms with Gasteiger partial charge in [-0.3, -0.25) is 0 Å². The van der Waals surface area contributed by atoms with Crippen molar-refractivity contribution < 1.29 is 9.90 Å². The van der Waals surface area contributed by atoms with E-state index in [4.69, 9.17) is 16.7 Å². The van der Waals surface area contributed by atoms with Gasteiger partial charge in [-0.05, 0) is 24.4 Å². The lowest BCUT2D eigenvalue weighted by atomic mass is 10.2. The van der Waals surface area contributed by atoms with Crippen LogP contribution >= 0.6 is 11.6 Å². The Morgan fingerprint density at radius 2 is 2.19 bits per heavy atom. The normalized spacial score (nSPS) is 16.3. The molecule has 0 bridgehead atoms. The number of carboxylic acid groups (broad SMARTS) is 1. The first-order valence-electron chi connectivity index (χ1n) is 5.19. The molecule has 5 nitrogen and oxygen atoms in total. The third kappa shape index (κ3) is 2.41. The average Bonchev–Trinajstić information content (AvgIpc) is 2.70.